The van der Waals surface area contributed by atoms with Gasteiger partial charge in [-0.25, -0.2) is 12.8 Å². The molecule has 0 bridgehead atoms. The normalized spacial score (nSPS) is 19.8. The van der Waals surface area contributed by atoms with Crippen molar-refractivity contribution in [3.63, 3.8) is 0 Å². The molecule has 1 aliphatic rings. The molecule has 2 rings (SSSR count). The predicted octanol–water partition coefficient (Wildman–Crippen LogP) is 1.75. The first-order valence-electron chi connectivity index (χ1n) is 7.33. The third-order valence-electron chi connectivity index (χ3n) is 3.94. The third kappa shape index (κ3) is 4.89. The number of hydrogen-bond acceptors (Lipinski definition) is 4. The molecule has 23 heavy (non-hydrogen) atoms. The first-order chi connectivity index (χ1) is 10.3. The molecule has 1 aromatic rings. The number of hydrogen-bond donors (Lipinski definition) is 1. The van der Waals surface area contributed by atoms with Gasteiger partial charge in [-0.2, -0.15) is 0 Å². The fourth-order valence-electron chi connectivity index (χ4n) is 2.58. The van der Waals surface area contributed by atoms with E-state index in [-0.39, 0.29) is 35.7 Å². The van der Waals surface area contributed by atoms with Crippen molar-refractivity contribution in [2.24, 2.45) is 5.73 Å². The van der Waals surface area contributed by atoms with Gasteiger partial charge in [0, 0.05) is 25.6 Å². The second kappa shape index (κ2) is 8.08. The van der Waals surface area contributed by atoms with Crippen molar-refractivity contribution in [3.05, 3.63) is 30.1 Å². The number of halogens is 2. The number of benzene rings is 1. The lowest BCUT2D eigenvalue weighted by atomic mass is 10.1. The number of nitrogens with two attached hydrogens (primary N) is 1. The van der Waals surface area contributed by atoms with Gasteiger partial charge in [0.05, 0.1) is 10.1 Å². The minimum absolute atomic E-state index is 0. The Bertz CT molecular complexity index is 637. The molecule has 1 saturated heterocycles. The minimum Gasteiger partial charge on any atom is -0.341 e. The molecular formula is C15H22ClFN2O3S. The summed E-state index contributed by atoms with van der Waals surface area (Å²) >= 11 is 0. The van der Waals surface area contributed by atoms with Crippen LogP contribution in [0, 0.1) is 5.82 Å². The van der Waals surface area contributed by atoms with Gasteiger partial charge in [0.15, 0.2) is 9.84 Å². The van der Waals surface area contributed by atoms with Gasteiger partial charge in [-0.05, 0) is 44.0 Å². The average molecular weight is 365 g/mol. The first kappa shape index (κ1) is 19.9. The van der Waals surface area contributed by atoms with Gasteiger partial charge in [0.25, 0.3) is 0 Å². The van der Waals surface area contributed by atoms with Crippen molar-refractivity contribution >= 4 is 28.2 Å². The molecule has 0 saturated carbocycles. The Morgan fingerprint density at radius 1 is 1.39 bits per heavy atom. The average Bonchev–Trinajstić information content (AvgIpc) is 2.47. The fourth-order valence-corrected chi connectivity index (χ4v) is 3.92. The highest BCUT2D eigenvalue weighted by atomic mass is 35.5. The molecule has 2 atom stereocenters. The van der Waals surface area contributed by atoms with Gasteiger partial charge in [0.1, 0.15) is 5.82 Å². The summed E-state index contributed by atoms with van der Waals surface area (Å²) in [5.41, 5.74) is 5.84. The number of carbonyl (C=O) groups is 1. The van der Waals surface area contributed by atoms with Gasteiger partial charge < -0.3 is 10.6 Å². The second-order valence-electron chi connectivity index (χ2n) is 5.76. The van der Waals surface area contributed by atoms with Crippen molar-refractivity contribution in [2.75, 3.05) is 13.1 Å². The molecule has 0 aliphatic carbocycles. The maximum absolute atomic E-state index is 12.9. The van der Waals surface area contributed by atoms with Crippen LogP contribution in [0.2, 0.25) is 0 Å². The highest BCUT2D eigenvalue weighted by molar-refractivity contribution is 7.92. The van der Waals surface area contributed by atoms with E-state index in [0.717, 1.165) is 25.0 Å². The lowest BCUT2D eigenvalue weighted by Gasteiger charge is -2.31. The molecule has 0 spiro atoms. The van der Waals surface area contributed by atoms with E-state index in [1.165, 1.54) is 19.1 Å². The van der Waals surface area contributed by atoms with Gasteiger partial charge in [-0.3, -0.25) is 4.79 Å². The molecule has 1 aliphatic heterocycles. The zero-order chi connectivity index (χ0) is 16.3. The molecule has 1 fully saturated rings. The summed E-state index contributed by atoms with van der Waals surface area (Å²) in [4.78, 5) is 13.9. The van der Waals surface area contributed by atoms with Crippen molar-refractivity contribution in [1.82, 2.24) is 4.90 Å². The SMILES string of the molecule is CC(CC(=O)N1CCCC(N)C1)S(=O)(=O)c1ccc(F)cc1.Cl. The van der Waals surface area contributed by atoms with Crippen LogP contribution in [0.25, 0.3) is 0 Å². The molecule has 1 amide bonds. The number of piperidine rings is 1. The standard InChI is InChI=1S/C15H21FN2O3S.ClH/c1-11(9-15(19)18-8-2-3-13(17)10-18)22(20,21)14-6-4-12(16)5-7-14;/h4-7,11,13H,2-3,8-10,17H2,1H3;1H. The molecular weight excluding hydrogens is 343 g/mol. The summed E-state index contributed by atoms with van der Waals surface area (Å²) in [6, 6.07) is 4.61. The van der Waals surface area contributed by atoms with E-state index < -0.39 is 20.9 Å². The summed E-state index contributed by atoms with van der Waals surface area (Å²) in [6.45, 7) is 2.60. The fraction of sp³-hybridized carbons (Fsp3) is 0.533. The second-order valence-corrected chi connectivity index (χ2v) is 8.12. The van der Waals surface area contributed by atoms with E-state index in [1.54, 1.807) is 4.90 Å². The lowest BCUT2D eigenvalue weighted by molar-refractivity contribution is -0.132. The Labute approximate surface area is 142 Å². The van der Waals surface area contributed by atoms with E-state index >= 15 is 0 Å². The van der Waals surface area contributed by atoms with E-state index in [2.05, 4.69) is 0 Å². The monoisotopic (exact) mass is 364 g/mol. The number of nitrogens with zero attached hydrogens (tertiary/aromatic N) is 1. The molecule has 130 valence electrons. The quantitative estimate of drug-likeness (QED) is 0.825. The summed E-state index contributed by atoms with van der Waals surface area (Å²) in [5.74, 6) is -0.696. The van der Waals surface area contributed by atoms with E-state index in [0.29, 0.717) is 13.1 Å². The predicted molar refractivity (Wildman–Crippen MR) is 88.7 cm³/mol. The van der Waals surface area contributed by atoms with E-state index in [1.807, 2.05) is 0 Å². The molecule has 2 N–H and O–H groups in total. The van der Waals surface area contributed by atoms with Crippen LogP contribution < -0.4 is 5.73 Å². The van der Waals surface area contributed by atoms with Crippen LogP contribution in [0.15, 0.2) is 29.2 Å². The number of rotatable bonds is 4. The van der Waals surface area contributed by atoms with Crippen molar-refractivity contribution in [1.29, 1.82) is 0 Å². The summed E-state index contributed by atoms with van der Waals surface area (Å²) in [6.07, 6.45) is 1.63. The zero-order valence-corrected chi connectivity index (χ0v) is 14.6. The Hall–Kier alpha value is -1.18. The van der Waals surface area contributed by atoms with Crippen LogP contribution in [0.5, 0.6) is 0 Å². The number of amides is 1. The minimum atomic E-state index is -3.65. The van der Waals surface area contributed by atoms with Crippen molar-refractivity contribution < 1.29 is 17.6 Å². The Morgan fingerprint density at radius 3 is 2.57 bits per heavy atom. The summed E-state index contributed by atoms with van der Waals surface area (Å²) < 4.78 is 37.7. The van der Waals surface area contributed by atoms with Crippen molar-refractivity contribution in [2.45, 2.75) is 42.4 Å². The van der Waals surface area contributed by atoms with Gasteiger partial charge in [-0.15, -0.1) is 12.4 Å². The van der Waals surface area contributed by atoms with Crippen LogP contribution in [0.3, 0.4) is 0 Å². The first-order valence-corrected chi connectivity index (χ1v) is 8.88. The highest BCUT2D eigenvalue weighted by Crippen LogP contribution is 2.20. The van der Waals surface area contributed by atoms with Gasteiger partial charge >= 0.3 is 0 Å². The van der Waals surface area contributed by atoms with E-state index in [9.17, 15) is 17.6 Å². The Morgan fingerprint density at radius 2 is 2.00 bits per heavy atom. The smallest absolute Gasteiger partial charge is 0.223 e. The zero-order valence-electron chi connectivity index (χ0n) is 12.9. The van der Waals surface area contributed by atoms with Gasteiger partial charge in [-0.1, -0.05) is 0 Å². The molecule has 0 aromatic heterocycles. The van der Waals surface area contributed by atoms with Crippen LogP contribution in [0.1, 0.15) is 26.2 Å². The van der Waals surface area contributed by atoms with Crippen LogP contribution in [-0.2, 0) is 14.6 Å². The molecule has 8 heteroatoms. The summed E-state index contributed by atoms with van der Waals surface area (Å²) in [7, 11) is -3.65. The number of likely N-dealkylation sites (tertiary alicyclic amines) is 1. The molecule has 1 heterocycles. The van der Waals surface area contributed by atoms with Crippen LogP contribution in [-0.4, -0.2) is 43.6 Å². The number of carbonyl (C=O) groups excluding carboxylic acids is 1. The van der Waals surface area contributed by atoms with Crippen LogP contribution in [0.4, 0.5) is 4.39 Å². The lowest BCUT2D eigenvalue weighted by Crippen LogP contribution is -2.46. The Balaban J connectivity index is 0.00000264. The topological polar surface area (TPSA) is 80.5 Å². The summed E-state index contributed by atoms with van der Waals surface area (Å²) in [5, 5.41) is -0.858. The highest BCUT2D eigenvalue weighted by Gasteiger charge is 2.29. The maximum Gasteiger partial charge on any atom is 0.223 e. The van der Waals surface area contributed by atoms with Gasteiger partial charge in [0.2, 0.25) is 5.91 Å². The maximum atomic E-state index is 12.9. The Kier molecular flexibility index (Phi) is 6.98. The van der Waals surface area contributed by atoms with E-state index in [4.69, 9.17) is 5.73 Å². The van der Waals surface area contributed by atoms with Crippen molar-refractivity contribution in [3.8, 4) is 0 Å². The molecule has 0 radical (unpaired) electrons. The third-order valence-corrected chi connectivity index (χ3v) is 6.10. The molecule has 2 unspecified atom stereocenters. The molecule has 1 aromatic carbocycles. The largest absolute Gasteiger partial charge is 0.341 e. The number of sulfone groups is 1. The van der Waals surface area contributed by atoms with Crippen LogP contribution >= 0.6 is 12.4 Å². The molecule has 5 nitrogen and oxygen atoms in total.